The molecule has 2 aromatic rings. The molecule has 0 aliphatic heterocycles. The summed E-state index contributed by atoms with van der Waals surface area (Å²) in [4.78, 5) is 132. The number of carbonyl (C=O) groups is 11. The van der Waals surface area contributed by atoms with Gasteiger partial charge < -0.3 is 72.5 Å². The van der Waals surface area contributed by atoms with Crippen molar-refractivity contribution in [2.75, 3.05) is 39.3 Å². The maximum absolute atomic E-state index is 12.7. The Morgan fingerprint density at radius 3 is 1.36 bits per heavy atom. The average Bonchev–Trinajstić information content (AvgIpc) is 3.31. The Balaban J connectivity index is 1.81. The lowest BCUT2D eigenvalue weighted by Crippen LogP contribution is -2.51. The summed E-state index contributed by atoms with van der Waals surface area (Å²) in [6.07, 6.45) is 1.06. The largest absolute Gasteiger partial charge is 0.508 e. The Bertz CT molecular complexity index is 2310. The molecule has 0 aliphatic rings. The van der Waals surface area contributed by atoms with Crippen LogP contribution >= 0.6 is 0 Å². The lowest BCUT2D eigenvalue weighted by molar-refractivity contribution is -0.147. The van der Waals surface area contributed by atoms with E-state index in [-0.39, 0.29) is 100 Å². The van der Waals surface area contributed by atoms with Crippen LogP contribution in [0.4, 0.5) is 4.79 Å². The second kappa shape index (κ2) is 33.6. The third-order valence-corrected chi connectivity index (χ3v) is 11.3. The number of aliphatic carboxylic acids is 7. The Morgan fingerprint density at radius 1 is 0.453 bits per heavy atom. The second-order valence-corrected chi connectivity index (χ2v) is 17.5. The van der Waals surface area contributed by atoms with Gasteiger partial charge in [-0.15, -0.1) is 0 Å². The predicted molar refractivity (Wildman–Crippen MR) is 260 cm³/mol. The zero-order valence-electron chi connectivity index (χ0n) is 41.2. The zero-order valence-corrected chi connectivity index (χ0v) is 41.2. The van der Waals surface area contributed by atoms with Crippen molar-refractivity contribution in [2.24, 2.45) is 0 Å². The molecule has 0 heterocycles. The van der Waals surface area contributed by atoms with Gasteiger partial charge in [-0.25, -0.2) is 19.2 Å². The van der Waals surface area contributed by atoms with Crippen LogP contribution in [0.2, 0.25) is 0 Å². The number of carboxylic acids is 7. The highest BCUT2D eigenvalue weighted by atomic mass is 16.4. The van der Waals surface area contributed by atoms with Gasteiger partial charge in [-0.2, -0.15) is 0 Å². The van der Waals surface area contributed by atoms with E-state index in [0.717, 1.165) is 0 Å². The van der Waals surface area contributed by atoms with Gasteiger partial charge in [-0.3, -0.25) is 43.4 Å². The summed E-state index contributed by atoms with van der Waals surface area (Å²) in [5, 5.41) is 98.1. The smallest absolute Gasteiger partial charge is 0.326 e. The van der Waals surface area contributed by atoms with Crippen molar-refractivity contribution in [2.45, 2.75) is 121 Å². The van der Waals surface area contributed by atoms with Gasteiger partial charge in [0.25, 0.3) is 0 Å². The molecule has 2 aromatic carbocycles. The van der Waals surface area contributed by atoms with Crippen LogP contribution in [0.15, 0.2) is 36.4 Å². The fraction of sp³-hybridized carbons (Fsp3) is 0.521. The van der Waals surface area contributed by atoms with E-state index in [9.17, 15) is 88.5 Å². The second-order valence-electron chi connectivity index (χ2n) is 17.5. The number of aromatic hydroxyl groups is 2. The highest BCUT2D eigenvalue weighted by Gasteiger charge is 2.26. The standard InChI is InChI=1S/C48H67N7O20/c56-36-13-8-29(10-15-39(59)50-18-4-1-2-7-38(58)49-19-5-3-6-33(45(69)70)52-48(75)53-34(46(71)72)12-17-41(61)62)22-31(36)25-54(27-43(65)66)20-21-55(28-44(67)68)26-32-23-30(9-14-37(32)57)11-16-40(60)51-35(47(73)74)24-42(63)64/h8-9,13-14,22-23,33-35,56-57H,1-7,10-12,15-21,24-28H2,(H,49,58)(H,50,59)(H,51,60)(H,61,62)(H,63,64)(H,65,66)(H,67,68)(H,69,70)(H,71,72)(H,73,74)(H2,52,53,75). The van der Waals surface area contributed by atoms with E-state index in [2.05, 4.69) is 21.3 Å². The topological polar surface area (TPSA) is 436 Å². The number of aryl methyl sites for hydroxylation is 2. The molecule has 0 spiro atoms. The maximum atomic E-state index is 12.7. The molecule has 14 N–H and O–H groups in total. The summed E-state index contributed by atoms with van der Waals surface area (Å²) in [6.45, 7) is -0.606. The number of hydrogen-bond acceptors (Lipinski definition) is 15. The summed E-state index contributed by atoms with van der Waals surface area (Å²) in [5.74, 6) is -11.0. The van der Waals surface area contributed by atoms with E-state index in [1.54, 1.807) is 12.1 Å². The van der Waals surface area contributed by atoms with E-state index in [1.807, 2.05) is 5.32 Å². The number of amides is 5. The molecular formula is C48H67N7O20. The van der Waals surface area contributed by atoms with Crippen LogP contribution in [0.3, 0.4) is 0 Å². The maximum Gasteiger partial charge on any atom is 0.326 e. The first kappa shape index (κ1) is 63.0. The predicted octanol–water partition coefficient (Wildman–Crippen LogP) is 0.514. The van der Waals surface area contributed by atoms with E-state index in [0.29, 0.717) is 55.3 Å². The molecule has 0 aliphatic carbocycles. The number of urea groups is 1. The molecule has 0 fully saturated rings. The lowest BCUT2D eigenvalue weighted by atomic mass is 10.0. The van der Waals surface area contributed by atoms with Gasteiger partial charge >= 0.3 is 47.8 Å². The van der Waals surface area contributed by atoms with Crippen LogP contribution in [-0.4, -0.2) is 179 Å². The number of unbranched alkanes of at least 4 members (excludes halogenated alkanes) is 3. The summed E-state index contributed by atoms with van der Waals surface area (Å²) in [5.41, 5.74) is 1.82. The van der Waals surface area contributed by atoms with E-state index >= 15 is 0 Å². The lowest BCUT2D eigenvalue weighted by Gasteiger charge is -2.26. The SMILES string of the molecule is O=C(O)CCC(NC(=O)NC(CCCCNC(=O)CCCCCNC(=O)CCc1ccc(O)c(CN(CCN(CC(=O)O)Cc2cc(CCC(=O)NC(CC(=O)O)C(=O)O)ccc2O)CC(=O)O)c1)C(=O)O)C(=O)O. The highest BCUT2D eigenvalue weighted by Crippen LogP contribution is 2.24. The van der Waals surface area contributed by atoms with Crippen LogP contribution in [-0.2, 0) is 73.9 Å². The number of benzene rings is 2. The number of nitrogens with zero attached hydrogens (tertiary/aromatic N) is 2. The van der Waals surface area contributed by atoms with E-state index < -0.39 is 104 Å². The molecule has 2 rings (SSSR count). The van der Waals surface area contributed by atoms with Crippen LogP contribution in [0.5, 0.6) is 11.5 Å². The molecule has 414 valence electrons. The van der Waals surface area contributed by atoms with Gasteiger partial charge in [-0.1, -0.05) is 30.7 Å². The van der Waals surface area contributed by atoms with Gasteiger partial charge in [0.15, 0.2) is 0 Å². The number of phenols is 2. The van der Waals surface area contributed by atoms with Crippen molar-refractivity contribution in [1.82, 2.24) is 36.4 Å². The molecule has 75 heavy (non-hydrogen) atoms. The van der Waals surface area contributed by atoms with Gasteiger partial charge in [0.05, 0.1) is 19.5 Å². The third kappa shape index (κ3) is 27.5. The van der Waals surface area contributed by atoms with Crippen molar-refractivity contribution in [3.05, 3.63) is 58.7 Å². The van der Waals surface area contributed by atoms with Gasteiger partial charge in [0, 0.05) is 76.1 Å². The number of hydrogen-bond donors (Lipinski definition) is 14. The van der Waals surface area contributed by atoms with Crippen LogP contribution in [0.25, 0.3) is 0 Å². The molecule has 5 amide bonds. The van der Waals surface area contributed by atoms with Gasteiger partial charge in [0.1, 0.15) is 29.6 Å². The third-order valence-electron chi connectivity index (χ3n) is 11.3. The summed E-state index contributed by atoms with van der Waals surface area (Å²) in [6, 6.07) is 3.44. The molecule has 0 saturated heterocycles. The molecule has 0 radical (unpaired) electrons. The van der Waals surface area contributed by atoms with Crippen LogP contribution in [0.1, 0.15) is 99.3 Å². The molecule has 0 bridgehead atoms. The fourth-order valence-corrected chi connectivity index (χ4v) is 7.41. The quantitative estimate of drug-likeness (QED) is 0.0406. The monoisotopic (exact) mass is 1060 g/mol. The molecule has 3 atom stereocenters. The molecule has 3 unspecified atom stereocenters. The van der Waals surface area contributed by atoms with Gasteiger partial charge in [-0.05, 0) is 74.6 Å². The summed E-state index contributed by atoms with van der Waals surface area (Å²) in [7, 11) is 0. The minimum atomic E-state index is -1.63. The Labute approximate surface area is 430 Å². The Kier molecular flexibility index (Phi) is 28.3. The zero-order chi connectivity index (χ0) is 56.0. The first-order valence-electron chi connectivity index (χ1n) is 23.9. The normalized spacial score (nSPS) is 12.2. The van der Waals surface area contributed by atoms with Crippen LogP contribution < -0.4 is 26.6 Å². The fourth-order valence-electron chi connectivity index (χ4n) is 7.41. The summed E-state index contributed by atoms with van der Waals surface area (Å²) < 4.78 is 0. The molecule has 0 saturated carbocycles. The molecule has 27 heteroatoms. The van der Waals surface area contributed by atoms with Crippen molar-refractivity contribution in [1.29, 1.82) is 0 Å². The number of carbonyl (C=O) groups excluding carboxylic acids is 4. The number of rotatable bonds is 39. The average molecular weight is 1060 g/mol. The first-order valence-corrected chi connectivity index (χ1v) is 23.9. The molecular weight excluding hydrogens is 995 g/mol. The van der Waals surface area contributed by atoms with Crippen molar-refractivity contribution in [3.8, 4) is 11.5 Å². The summed E-state index contributed by atoms with van der Waals surface area (Å²) >= 11 is 0. The Hall–Kier alpha value is -8.07. The van der Waals surface area contributed by atoms with Crippen molar-refractivity contribution >= 4 is 65.5 Å². The van der Waals surface area contributed by atoms with E-state index in [1.165, 1.54) is 34.1 Å². The van der Waals surface area contributed by atoms with Crippen molar-refractivity contribution < 1.29 is 98.7 Å². The minimum Gasteiger partial charge on any atom is -0.508 e. The van der Waals surface area contributed by atoms with Crippen molar-refractivity contribution in [3.63, 3.8) is 0 Å². The minimum absolute atomic E-state index is 0.000350. The van der Waals surface area contributed by atoms with Crippen LogP contribution in [0, 0.1) is 0 Å². The molecule has 27 nitrogen and oxygen atoms in total. The number of nitrogens with one attached hydrogen (secondary N) is 5. The first-order chi connectivity index (χ1) is 35.4. The number of phenolic OH excluding ortho intramolecular Hbond substituents is 2. The van der Waals surface area contributed by atoms with Gasteiger partial charge in [0.2, 0.25) is 17.7 Å². The number of carboxylic acid groups (broad SMARTS) is 7. The Morgan fingerprint density at radius 2 is 0.907 bits per heavy atom. The highest BCUT2D eigenvalue weighted by molar-refractivity contribution is 5.87. The molecule has 0 aromatic heterocycles. The van der Waals surface area contributed by atoms with E-state index in [4.69, 9.17) is 10.2 Å².